The Kier molecular flexibility index (Phi) is 5.14. The van der Waals surface area contributed by atoms with E-state index in [-0.39, 0.29) is 6.54 Å². The highest BCUT2D eigenvalue weighted by Gasteiger charge is 2.34. The van der Waals surface area contributed by atoms with E-state index in [1.807, 2.05) is 6.07 Å². The van der Waals surface area contributed by atoms with Gasteiger partial charge in [0.25, 0.3) is 0 Å². The van der Waals surface area contributed by atoms with Crippen molar-refractivity contribution >= 4 is 5.69 Å². The van der Waals surface area contributed by atoms with E-state index in [0.717, 1.165) is 19.5 Å². The van der Waals surface area contributed by atoms with Gasteiger partial charge in [0.15, 0.2) is 0 Å². The zero-order valence-electron chi connectivity index (χ0n) is 12.6. The van der Waals surface area contributed by atoms with Gasteiger partial charge in [-0.15, -0.1) is 0 Å². The number of halogens is 3. The van der Waals surface area contributed by atoms with Crippen molar-refractivity contribution in [2.24, 2.45) is 5.92 Å². The van der Waals surface area contributed by atoms with Gasteiger partial charge < -0.3 is 10.2 Å². The minimum absolute atomic E-state index is 0.228. The molecule has 21 heavy (non-hydrogen) atoms. The van der Waals surface area contributed by atoms with Crippen LogP contribution < -0.4 is 10.2 Å². The van der Waals surface area contributed by atoms with E-state index in [1.54, 1.807) is 13.1 Å². The number of anilines is 1. The average Bonchev–Trinajstić information content (AvgIpc) is 3.22. The van der Waals surface area contributed by atoms with Crippen molar-refractivity contribution in [1.29, 1.82) is 0 Å². The Morgan fingerprint density at radius 3 is 2.52 bits per heavy atom. The third-order valence-corrected chi connectivity index (χ3v) is 3.80. The van der Waals surface area contributed by atoms with Gasteiger partial charge in [0, 0.05) is 25.3 Å². The zero-order valence-corrected chi connectivity index (χ0v) is 12.6. The minimum Gasteiger partial charge on any atom is -0.371 e. The normalized spacial score (nSPS) is 15.3. The lowest BCUT2D eigenvalue weighted by Gasteiger charge is -2.26. The molecule has 0 radical (unpaired) electrons. The molecule has 1 saturated carbocycles. The average molecular weight is 300 g/mol. The van der Waals surface area contributed by atoms with E-state index in [4.69, 9.17) is 0 Å². The van der Waals surface area contributed by atoms with Crippen molar-refractivity contribution in [2.45, 2.75) is 38.9 Å². The number of rotatable bonds is 7. The van der Waals surface area contributed by atoms with Gasteiger partial charge in [-0.05, 0) is 49.9 Å². The molecule has 0 saturated heterocycles. The van der Waals surface area contributed by atoms with Crippen molar-refractivity contribution in [2.75, 3.05) is 25.0 Å². The molecule has 0 aromatic heterocycles. The van der Waals surface area contributed by atoms with Crippen LogP contribution in [-0.2, 0) is 12.7 Å². The minimum atomic E-state index is -4.31. The first kappa shape index (κ1) is 16.1. The zero-order chi connectivity index (χ0) is 15.5. The molecule has 0 atom stereocenters. The van der Waals surface area contributed by atoms with Gasteiger partial charge in [-0.2, -0.15) is 13.2 Å². The summed E-state index contributed by atoms with van der Waals surface area (Å²) < 4.78 is 39.7. The lowest BCUT2D eigenvalue weighted by Crippen LogP contribution is -2.27. The fourth-order valence-electron chi connectivity index (χ4n) is 2.58. The van der Waals surface area contributed by atoms with Crippen molar-refractivity contribution in [1.82, 2.24) is 5.32 Å². The number of benzene rings is 1. The first-order valence-electron chi connectivity index (χ1n) is 7.55. The van der Waals surface area contributed by atoms with Gasteiger partial charge >= 0.3 is 6.18 Å². The summed E-state index contributed by atoms with van der Waals surface area (Å²) in [5.41, 5.74) is 0.471. The molecule has 1 fully saturated rings. The van der Waals surface area contributed by atoms with Gasteiger partial charge in [-0.25, -0.2) is 0 Å². The predicted molar refractivity (Wildman–Crippen MR) is 79.4 cm³/mol. The standard InChI is InChI=1S/C16H23F3N2/c1-3-8-21(11-12-4-5-12)14-7-6-13(10-20-2)15(9-14)16(17,18)19/h6-7,9,12,20H,3-5,8,10-11H2,1-2H3. The van der Waals surface area contributed by atoms with Crippen molar-refractivity contribution in [3.63, 3.8) is 0 Å². The lowest BCUT2D eigenvalue weighted by atomic mass is 10.0. The van der Waals surface area contributed by atoms with Crippen LogP contribution in [0, 0.1) is 5.92 Å². The molecule has 0 unspecified atom stereocenters. The molecule has 1 N–H and O–H groups in total. The molecule has 1 aromatic rings. The van der Waals surface area contributed by atoms with Crippen LogP contribution in [-0.4, -0.2) is 20.1 Å². The molecule has 1 aliphatic carbocycles. The van der Waals surface area contributed by atoms with Crippen LogP contribution in [0.5, 0.6) is 0 Å². The van der Waals surface area contributed by atoms with Crippen LogP contribution in [0.2, 0.25) is 0 Å². The molecule has 2 nitrogen and oxygen atoms in total. The van der Waals surface area contributed by atoms with E-state index in [2.05, 4.69) is 17.1 Å². The summed E-state index contributed by atoms with van der Waals surface area (Å²) in [5.74, 6) is 0.655. The van der Waals surface area contributed by atoms with E-state index in [9.17, 15) is 13.2 Å². The van der Waals surface area contributed by atoms with Crippen LogP contribution in [0.4, 0.5) is 18.9 Å². The van der Waals surface area contributed by atoms with Crippen LogP contribution in [0.15, 0.2) is 18.2 Å². The van der Waals surface area contributed by atoms with Gasteiger partial charge in [0.1, 0.15) is 0 Å². The number of alkyl halides is 3. The quantitative estimate of drug-likeness (QED) is 0.817. The molecule has 118 valence electrons. The van der Waals surface area contributed by atoms with E-state index < -0.39 is 11.7 Å². The molecule has 2 rings (SSSR count). The highest BCUT2D eigenvalue weighted by Crippen LogP contribution is 2.36. The maximum atomic E-state index is 13.2. The number of nitrogens with one attached hydrogen (secondary N) is 1. The summed E-state index contributed by atoms with van der Waals surface area (Å²) in [6, 6.07) is 4.73. The van der Waals surface area contributed by atoms with Crippen molar-refractivity contribution in [3.8, 4) is 0 Å². The van der Waals surface area contributed by atoms with E-state index in [0.29, 0.717) is 17.2 Å². The largest absolute Gasteiger partial charge is 0.416 e. The molecular weight excluding hydrogens is 277 g/mol. The summed E-state index contributed by atoms with van der Waals surface area (Å²) >= 11 is 0. The van der Waals surface area contributed by atoms with E-state index in [1.165, 1.54) is 18.9 Å². The number of nitrogens with zero attached hydrogens (tertiary/aromatic N) is 1. The smallest absolute Gasteiger partial charge is 0.371 e. The first-order chi connectivity index (χ1) is 9.95. The molecule has 5 heteroatoms. The SMILES string of the molecule is CCCN(CC1CC1)c1ccc(CNC)c(C(F)(F)F)c1. The van der Waals surface area contributed by atoms with Crippen molar-refractivity contribution < 1.29 is 13.2 Å². The highest BCUT2D eigenvalue weighted by molar-refractivity contribution is 5.52. The maximum Gasteiger partial charge on any atom is 0.416 e. The van der Waals surface area contributed by atoms with Gasteiger partial charge in [-0.3, -0.25) is 0 Å². The van der Waals surface area contributed by atoms with Gasteiger partial charge in [-0.1, -0.05) is 13.0 Å². The van der Waals surface area contributed by atoms with Crippen molar-refractivity contribution in [3.05, 3.63) is 29.3 Å². The van der Waals surface area contributed by atoms with Crippen LogP contribution in [0.3, 0.4) is 0 Å². The Labute approximate surface area is 124 Å². The van der Waals surface area contributed by atoms with Gasteiger partial charge in [0.05, 0.1) is 5.56 Å². The monoisotopic (exact) mass is 300 g/mol. The second kappa shape index (κ2) is 6.69. The Bertz CT molecular complexity index is 467. The van der Waals surface area contributed by atoms with Crippen LogP contribution in [0.1, 0.15) is 37.3 Å². The second-order valence-corrected chi connectivity index (χ2v) is 5.76. The Hall–Kier alpha value is -1.23. The summed E-state index contributed by atoms with van der Waals surface area (Å²) in [6.07, 6.45) is -0.972. The fraction of sp³-hybridized carbons (Fsp3) is 0.625. The van der Waals surface area contributed by atoms with Crippen LogP contribution in [0.25, 0.3) is 0 Å². The number of hydrogen-bond acceptors (Lipinski definition) is 2. The Balaban J connectivity index is 2.29. The third kappa shape index (κ3) is 4.37. The lowest BCUT2D eigenvalue weighted by molar-refractivity contribution is -0.138. The predicted octanol–water partition coefficient (Wildman–Crippen LogP) is 4.05. The first-order valence-corrected chi connectivity index (χ1v) is 7.55. The second-order valence-electron chi connectivity index (χ2n) is 5.76. The molecule has 0 spiro atoms. The molecule has 1 aliphatic rings. The molecule has 0 aliphatic heterocycles. The van der Waals surface area contributed by atoms with Gasteiger partial charge in [0.2, 0.25) is 0 Å². The number of hydrogen-bond donors (Lipinski definition) is 1. The summed E-state index contributed by atoms with van der Waals surface area (Å²) in [7, 11) is 1.66. The molecular formula is C16H23F3N2. The topological polar surface area (TPSA) is 15.3 Å². The Morgan fingerprint density at radius 1 is 1.29 bits per heavy atom. The van der Waals surface area contributed by atoms with Crippen LogP contribution >= 0.6 is 0 Å². The highest BCUT2D eigenvalue weighted by atomic mass is 19.4. The summed E-state index contributed by atoms with van der Waals surface area (Å²) in [4.78, 5) is 2.09. The Morgan fingerprint density at radius 2 is 2.00 bits per heavy atom. The molecule has 0 heterocycles. The molecule has 0 bridgehead atoms. The van der Waals surface area contributed by atoms with E-state index >= 15 is 0 Å². The third-order valence-electron chi connectivity index (χ3n) is 3.80. The molecule has 0 amide bonds. The fourth-order valence-corrected chi connectivity index (χ4v) is 2.58. The summed E-state index contributed by atoms with van der Waals surface area (Å²) in [5, 5.41) is 2.80. The summed E-state index contributed by atoms with van der Waals surface area (Å²) in [6.45, 7) is 3.96. The molecule has 1 aromatic carbocycles. The maximum absolute atomic E-state index is 13.2.